The number of aryl methyl sites for hydroxylation is 1. The fourth-order valence-electron chi connectivity index (χ4n) is 2.02. The lowest BCUT2D eigenvalue weighted by Gasteiger charge is -2.17. The zero-order valence-electron chi connectivity index (χ0n) is 11.6. The van der Waals surface area contributed by atoms with Crippen LogP contribution in [0.5, 0.6) is 0 Å². The zero-order chi connectivity index (χ0) is 14.4. The van der Waals surface area contributed by atoms with Crippen LogP contribution in [0.2, 0.25) is 0 Å². The van der Waals surface area contributed by atoms with Crippen molar-refractivity contribution in [3.63, 3.8) is 0 Å². The van der Waals surface area contributed by atoms with Gasteiger partial charge in [0.2, 0.25) is 5.91 Å². The molecule has 2 aromatic rings. The van der Waals surface area contributed by atoms with Crippen molar-refractivity contribution in [3.05, 3.63) is 58.3 Å². The molecule has 0 aliphatic rings. The minimum Gasteiger partial charge on any atom is -0.348 e. The Bertz CT molecular complexity index is 525. The lowest BCUT2D eigenvalue weighted by Crippen LogP contribution is -2.41. The van der Waals surface area contributed by atoms with Gasteiger partial charge in [0.05, 0.1) is 12.1 Å². The number of nitrogens with one attached hydrogen (secondary N) is 1. The van der Waals surface area contributed by atoms with Gasteiger partial charge < -0.3 is 11.1 Å². The molecule has 2 rings (SSSR count). The van der Waals surface area contributed by atoms with Crippen LogP contribution >= 0.6 is 11.3 Å². The number of benzene rings is 1. The predicted molar refractivity (Wildman–Crippen MR) is 83.6 cm³/mol. The molecular formula is C16H20N2OS. The van der Waals surface area contributed by atoms with Crippen molar-refractivity contribution in [1.29, 1.82) is 0 Å². The Kier molecular flexibility index (Phi) is 5.32. The highest BCUT2D eigenvalue weighted by Gasteiger charge is 2.16. The molecule has 0 spiro atoms. The fraction of sp³-hybridized carbons (Fsp3) is 0.312. The molecule has 1 heterocycles. The second kappa shape index (κ2) is 7.22. The van der Waals surface area contributed by atoms with Crippen molar-refractivity contribution < 1.29 is 4.79 Å². The molecule has 1 aromatic heterocycles. The molecule has 20 heavy (non-hydrogen) atoms. The van der Waals surface area contributed by atoms with Gasteiger partial charge in [-0.25, -0.2) is 0 Å². The Labute approximate surface area is 123 Å². The first-order valence-corrected chi connectivity index (χ1v) is 7.73. The van der Waals surface area contributed by atoms with E-state index in [0.717, 1.165) is 12.0 Å². The van der Waals surface area contributed by atoms with Gasteiger partial charge in [-0.3, -0.25) is 4.79 Å². The highest BCUT2D eigenvalue weighted by atomic mass is 32.1. The van der Waals surface area contributed by atoms with E-state index in [0.29, 0.717) is 6.42 Å². The molecule has 1 aromatic carbocycles. The molecule has 106 valence electrons. The Morgan fingerprint density at radius 3 is 2.70 bits per heavy atom. The summed E-state index contributed by atoms with van der Waals surface area (Å²) in [6.07, 6.45) is 1.48. The Balaban J connectivity index is 1.80. The summed E-state index contributed by atoms with van der Waals surface area (Å²) >= 11 is 1.63. The molecular weight excluding hydrogens is 268 g/mol. The average Bonchev–Trinajstić information content (AvgIpc) is 3.00. The topological polar surface area (TPSA) is 55.1 Å². The van der Waals surface area contributed by atoms with Crippen molar-refractivity contribution in [2.24, 2.45) is 5.73 Å². The number of thiophene rings is 1. The standard InChI is InChI=1S/C16H20N2OS/c1-12(14-9-10-20-11-14)18-16(19)15(17)8-7-13-5-3-2-4-6-13/h2-6,9-12,15H,7-8,17H2,1H3,(H,18,19)/t12?,15-/m0/s1. The van der Waals surface area contributed by atoms with Gasteiger partial charge in [0, 0.05) is 0 Å². The number of nitrogens with two attached hydrogens (primary N) is 1. The molecule has 0 aliphatic heterocycles. The van der Waals surface area contributed by atoms with Gasteiger partial charge in [-0.2, -0.15) is 11.3 Å². The third kappa shape index (κ3) is 4.18. The summed E-state index contributed by atoms with van der Waals surface area (Å²) in [6.45, 7) is 1.98. The molecule has 4 heteroatoms. The molecule has 0 saturated carbocycles. The number of amides is 1. The van der Waals surface area contributed by atoms with Gasteiger partial charge in [0.25, 0.3) is 0 Å². The van der Waals surface area contributed by atoms with Gasteiger partial charge in [-0.1, -0.05) is 30.3 Å². The third-order valence-electron chi connectivity index (χ3n) is 3.33. The van der Waals surface area contributed by atoms with Gasteiger partial charge in [-0.05, 0) is 47.7 Å². The van der Waals surface area contributed by atoms with E-state index in [-0.39, 0.29) is 11.9 Å². The summed E-state index contributed by atoms with van der Waals surface area (Å²) in [7, 11) is 0. The summed E-state index contributed by atoms with van der Waals surface area (Å²) < 4.78 is 0. The van der Waals surface area contributed by atoms with Crippen LogP contribution in [0.25, 0.3) is 0 Å². The summed E-state index contributed by atoms with van der Waals surface area (Å²) in [6, 6.07) is 11.7. The van der Waals surface area contributed by atoms with Crippen molar-refractivity contribution >= 4 is 17.2 Å². The van der Waals surface area contributed by atoms with Crippen LogP contribution in [0.15, 0.2) is 47.2 Å². The highest BCUT2D eigenvalue weighted by molar-refractivity contribution is 7.07. The first-order chi connectivity index (χ1) is 9.66. The van der Waals surface area contributed by atoms with Gasteiger partial charge in [0.15, 0.2) is 0 Å². The van der Waals surface area contributed by atoms with E-state index < -0.39 is 6.04 Å². The molecule has 2 atom stereocenters. The minimum absolute atomic E-state index is 0.0107. The van der Waals surface area contributed by atoms with Crippen LogP contribution in [0, 0.1) is 0 Å². The van der Waals surface area contributed by atoms with Crippen LogP contribution in [0.1, 0.15) is 30.5 Å². The Hall–Kier alpha value is -1.65. The maximum absolute atomic E-state index is 12.0. The second-order valence-electron chi connectivity index (χ2n) is 4.92. The third-order valence-corrected chi connectivity index (χ3v) is 4.03. The maximum atomic E-state index is 12.0. The first kappa shape index (κ1) is 14.8. The molecule has 0 bridgehead atoms. The van der Waals surface area contributed by atoms with E-state index in [1.165, 1.54) is 5.56 Å². The van der Waals surface area contributed by atoms with Gasteiger partial charge >= 0.3 is 0 Å². The van der Waals surface area contributed by atoms with Crippen molar-refractivity contribution in [2.75, 3.05) is 0 Å². The Morgan fingerprint density at radius 2 is 2.05 bits per heavy atom. The summed E-state index contributed by atoms with van der Waals surface area (Å²) in [4.78, 5) is 12.0. The van der Waals surface area contributed by atoms with E-state index in [9.17, 15) is 4.79 Å². The average molecular weight is 288 g/mol. The largest absolute Gasteiger partial charge is 0.348 e. The molecule has 3 nitrogen and oxygen atoms in total. The molecule has 0 radical (unpaired) electrons. The predicted octanol–water partition coefficient (Wildman–Crippen LogP) is 2.89. The molecule has 0 aliphatic carbocycles. The smallest absolute Gasteiger partial charge is 0.237 e. The molecule has 3 N–H and O–H groups in total. The highest BCUT2D eigenvalue weighted by Crippen LogP contribution is 2.15. The number of rotatable bonds is 6. The Morgan fingerprint density at radius 1 is 1.30 bits per heavy atom. The number of carbonyl (C=O) groups is 1. The second-order valence-corrected chi connectivity index (χ2v) is 5.70. The van der Waals surface area contributed by atoms with E-state index in [1.807, 2.05) is 41.9 Å². The van der Waals surface area contributed by atoms with Crippen LogP contribution in [0.4, 0.5) is 0 Å². The van der Waals surface area contributed by atoms with E-state index in [1.54, 1.807) is 11.3 Å². The summed E-state index contributed by atoms with van der Waals surface area (Å²) in [5, 5.41) is 7.01. The van der Waals surface area contributed by atoms with Crippen molar-refractivity contribution in [1.82, 2.24) is 5.32 Å². The normalized spacial score (nSPS) is 13.7. The number of carbonyl (C=O) groups excluding carboxylic acids is 1. The zero-order valence-corrected chi connectivity index (χ0v) is 12.4. The van der Waals surface area contributed by atoms with Crippen LogP contribution in [-0.2, 0) is 11.2 Å². The van der Waals surface area contributed by atoms with E-state index >= 15 is 0 Å². The van der Waals surface area contributed by atoms with Gasteiger partial charge in [0.1, 0.15) is 0 Å². The van der Waals surface area contributed by atoms with Crippen LogP contribution < -0.4 is 11.1 Å². The lowest BCUT2D eigenvalue weighted by molar-refractivity contribution is -0.123. The fourth-order valence-corrected chi connectivity index (χ4v) is 2.78. The van der Waals surface area contributed by atoms with Gasteiger partial charge in [-0.15, -0.1) is 0 Å². The first-order valence-electron chi connectivity index (χ1n) is 6.79. The molecule has 0 saturated heterocycles. The minimum atomic E-state index is -0.462. The SMILES string of the molecule is CC(NC(=O)[C@@H](N)CCc1ccccc1)c1ccsc1. The molecule has 0 fully saturated rings. The molecule has 1 amide bonds. The maximum Gasteiger partial charge on any atom is 0.237 e. The van der Waals surface area contributed by atoms with Crippen LogP contribution in [0.3, 0.4) is 0 Å². The van der Waals surface area contributed by atoms with Crippen molar-refractivity contribution in [2.45, 2.75) is 31.8 Å². The van der Waals surface area contributed by atoms with E-state index in [4.69, 9.17) is 5.73 Å². The lowest BCUT2D eigenvalue weighted by atomic mass is 10.0. The van der Waals surface area contributed by atoms with E-state index in [2.05, 4.69) is 17.4 Å². The monoisotopic (exact) mass is 288 g/mol. The summed E-state index contributed by atoms with van der Waals surface area (Å²) in [5.74, 6) is -0.0837. The number of hydrogen-bond donors (Lipinski definition) is 2. The van der Waals surface area contributed by atoms with Crippen molar-refractivity contribution in [3.8, 4) is 0 Å². The summed E-state index contributed by atoms with van der Waals surface area (Å²) in [5.41, 5.74) is 8.29. The quantitative estimate of drug-likeness (QED) is 0.858. The number of hydrogen-bond acceptors (Lipinski definition) is 3. The van der Waals surface area contributed by atoms with Crippen LogP contribution in [-0.4, -0.2) is 11.9 Å². The molecule has 1 unspecified atom stereocenters.